The molecule has 3 aromatic heterocycles. The zero-order valence-corrected chi connectivity index (χ0v) is 21.7. The number of imidazole rings is 1. The summed E-state index contributed by atoms with van der Waals surface area (Å²) in [5, 5.41) is 3.86. The number of pyridine rings is 1. The molecule has 0 bridgehead atoms. The molecule has 1 amide bonds. The zero-order valence-electron chi connectivity index (χ0n) is 20.9. The number of hydrogen-bond acceptors (Lipinski definition) is 7. The van der Waals surface area contributed by atoms with Crippen molar-refractivity contribution in [1.82, 2.24) is 34.7 Å². The summed E-state index contributed by atoms with van der Waals surface area (Å²) in [5.74, 6) is 1.90. The molecule has 1 unspecified atom stereocenters. The van der Waals surface area contributed by atoms with Gasteiger partial charge in [0.15, 0.2) is 0 Å². The van der Waals surface area contributed by atoms with Gasteiger partial charge in [0.25, 0.3) is 0 Å². The standard InChI is InChI=1S/C27H29ClN8O/c1-16-13-22(31-15-30-16)20-5-6-21-25(24(20)28)34-27(32-21)33-23-14-19(7-8-29-23)17(2)35-9-11-36(12-10-35)26(37)18-3-4-18/h5-8,13-15,17-18H,3-4,9-12H2,1-2H3,(H2,29,32,33,34). The van der Waals surface area contributed by atoms with Crippen LogP contribution in [0.2, 0.25) is 5.02 Å². The molecular weight excluding hydrogens is 488 g/mol. The molecule has 1 aromatic carbocycles. The number of aromatic nitrogens is 5. The molecule has 0 radical (unpaired) electrons. The molecule has 1 aliphatic heterocycles. The fourth-order valence-corrected chi connectivity index (χ4v) is 5.23. The number of carbonyl (C=O) groups excluding carboxylic acids is 1. The Bertz CT molecular complexity index is 1460. The van der Waals surface area contributed by atoms with Crippen LogP contribution in [0.1, 0.15) is 37.1 Å². The van der Waals surface area contributed by atoms with E-state index in [1.807, 2.05) is 42.3 Å². The largest absolute Gasteiger partial charge is 0.340 e. The van der Waals surface area contributed by atoms with Gasteiger partial charge >= 0.3 is 0 Å². The molecular formula is C27H29ClN8O. The Morgan fingerprint density at radius 3 is 2.68 bits per heavy atom. The van der Waals surface area contributed by atoms with Crippen LogP contribution in [0.4, 0.5) is 11.8 Å². The lowest BCUT2D eigenvalue weighted by atomic mass is 10.1. The summed E-state index contributed by atoms with van der Waals surface area (Å²) in [7, 11) is 0. The normalized spacial score (nSPS) is 17.2. The van der Waals surface area contributed by atoms with Crippen molar-refractivity contribution in [1.29, 1.82) is 0 Å². The van der Waals surface area contributed by atoms with Gasteiger partial charge in [0, 0.05) is 55.6 Å². The SMILES string of the molecule is Cc1cc(-c2ccc3nc(Nc4cc(C(C)N5CCN(C(=O)C6CC6)CC5)ccn4)[nH]c3c2Cl)ncn1. The Balaban J connectivity index is 1.17. The zero-order chi connectivity index (χ0) is 25.5. The van der Waals surface area contributed by atoms with E-state index in [1.54, 1.807) is 6.33 Å². The fraction of sp³-hybridized carbons (Fsp3) is 0.370. The third-order valence-corrected chi connectivity index (χ3v) is 7.68. The van der Waals surface area contributed by atoms with Crippen LogP contribution < -0.4 is 5.32 Å². The van der Waals surface area contributed by atoms with E-state index in [-0.39, 0.29) is 12.0 Å². The van der Waals surface area contributed by atoms with Gasteiger partial charge in [-0.2, -0.15) is 0 Å². The molecule has 4 aromatic rings. The summed E-state index contributed by atoms with van der Waals surface area (Å²) < 4.78 is 0. The van der Waals surface area contributed by atoms with E-state index in [0.29, 0.717) is 22.7 Å². The van der Waals surface area contributed by atoms with Crippen LogP contribution in [0.5, 0.6) is 0 Å². The minimum Gasteiger partial charge on any atom is -0.340 e. The van der Waals surface area contributed by atoms with E-state index in [1.165, 1.54) is 0 Å². The van der Waals surface area contributed by atoms with Gasteiger partial charge in [0.1, 0.15) is 12.1 Å². The Morgan fingerprint density at radius 2 is 1.92 bits per heavy atom. The van der Waals surface area contributed by atoms with Gasteiger partial charge in [-0.25, -0.2) is 19.9 Å². The van der Waals surface area contributed by atoms with Crippen molar-refractivity contribution in [2.45, 2.75) is 32.7 Å². The fourth-order valence-electron chi connectivity index (χ4n) is 4.93. The minimum atomic E-state index is 0.214. The van der Waals surface area contributed by atoms with Crippen molar-refractivity contribution in [3.8, 4) is 11.3 Å². The highest BCUT2D eigenvalue weighted by Crippen LogP contribution is 2.34. The second-order valence-corrected chi connectivity index (χ2v) is 10.2. The van der Waals surface area contributed by atoms with Gasteiger partial charge < -0.3 is 15.2 Å². The van der Waals surface area contributed by atoms with Crippen molar-refractivity contribution in [3.63, 3.8) is 0 Å². The average Bonchev–Trinajstić information content (AvgIpc) is 3.68. The molecule has 1 aliphatic carbocycles. The number of hydrogen-bond donors (Lipinski definition) is 2. The van der Waals surface area contributed by atoms with Gasteiger partial charge in [0.05, 0.1) is 21.7 Å². The van der Waals surface area contributed by atoms with Crippen molar-refractivity contribution in [2.24, 2.45) is 5.92 Å². The highest BCUT2D eigenvalue weighted by Gasteiger charge is 2.35. The number of rotatable bonds is 6. The maximum absolute atomic E-state index is 12.4. The lowest BCUT2D eigenvalue weighted by Gasteiger charge is -2.38. The number of nitrogens with one attached hydrogen (secondary N) is 2. The molecule has 1 atom stereocenters. The quantitative estimate of drug-likeness (QED) is 0.381. The summed E-state index contributed by atoms with van der Waals surface area (Å²) in [6.07, 6.45) is 5.47. The molecule has 2 aliphatic rings. The summed E-state index contributed by atoms with van der Waals surface area (Å²) in [6.45, 7) is 7.48. The number of benzene rings is 1. The lowest BCUT2D eigenvalue weighted by Crippen LogP contribution is -2.49. The summed E-state index contributed by atoms with van der Waals surface area (Å²) in [5.41, 5.74) is 5.12. The van der Waals surface area contributed by atoms with E-state index in [2.05, 4.69) is 48.1 Å². The van der Waals surface area contributed by atoms with Crippen LogP contribution in [0.25, 0.3) is 22.3 Å². The van der Waals surface area contributed by atoms with Gasteiger partial charge in [-0.05, 0) is 62.6 Å². The number of aromatic amines is 1. The Morgan fingerprint density at radius 1 is 1.11 bits per heavy atom. The van der Waals surface area contributed by atoms with Crippen LogP contribution in [-0.4, -0.2) is 66.8 Å². The van der Waals surface area contributed by atoms with Gasteiger partial charge in [-0.15, -0.1) is 0 Å². The van der Waals surface area contributed by atoms with Crippen molar-refractivity contribution >= 4 is 40.3 Å². The summed E-state index contributed by atoms with van der Waals surface area (Å²) in [4.78, 5) is 37.8. The minimum absolute atomic E-state index is 0.214. The van der Waals surface area contributed by atoms with Crippen LogP contribution in [-0.2, 0) is 4.79 Å². The van der Waals surface area contributed by atoms with E-state index in [9.17, 15) is 4.79 Å². The number of nitrogens with zero attached hydrogens (tertiary/aromatic N) is 6. The average molecular weight is 517 g/mol. The summed E-state index contributed by atoms with van der Waals surface area (Å²) >= 11 is 6.74. The Hall–Kier alpha value is -3.56. The van der Waals surface area contributed by atoms with Crippen molar-refractivity contribution in [2.75, 3.05) is 31.5 Å². The third kappa shape index (κ3) is 4.89. The van der Waals surface area contributed by atoms with E-state index >= 15 is 0 Å². The molecule has 6 rings (SSSR count). The van der Waals surface area contributed by atoms with Crippen LogP contribution >= 0.6 is 11.6 Å². The summed E-state index contributed by atoms with van der Waals surface area (Å²) in [6, 6.07) is 10.1. The topological polar surface area (TPSA) is 103 Å². The number of halogens is 1. The Labute approximate surface area is 220 Å². The molecule has 1 saturated heterocycles. The molecule has 37 heavy (non-hydrogen) atoms. The molecule has 2 fully saturated rings. The monoisotopic (exact) mass is 516 g/mol. The number of anilines is 2. The van der Waals surface area contributed by atoms with Crippen LogP contribution in [0.15, 0.2) is 42.9 Å². The van der Waals surface area contributed by atoms with Crippen LogP contribution in [0.3, 0.4) is 0 Å². The molecule has 190 valence electrons. The number of amides is 1. The molecule has 4 heterocycles. The lowest BCUT2D eigenvalue weighted by molar-refractivity contribution is -0.134. The highest BCUT2D eigenvalue weighted by atomic mass is 35.5. The molecule has 0 spiro atoms. The number of fused-ring (bicyclic) bond motifs is 1. The first-order valence-corrected chi connectivity index (χ1v) is 13.1. The first kappa shape index (κ1) is 23.8. The van der Waals surface area contributed by atoms with Gasteiger partial charge in [-0.1, -0.05) is 11.6 Å². The predicted octanol–water partition coefficient (Wildman–Crippen LogP) is 4.74. The molecule has 1 saturated carbocycles. The molecule has 2 N–H and O–H groups in total. The van der Waals surface area contributed by atoms with E-state index < -0.39 is 0 Å². The van der Waals surface area contributed by atoms with Crippen molar-refractivity contribution < 1.29 is 4.79 Å². The maximum Gasteiger partial charge on any atom is 0.225 e. The number of piperazine rings is 1. The Kier molecular flexibility index (Phi) is 6.26. The van der Waals surface area contributed by atoms with Crippen molar-refractivity contribution in [3.05, 3.63) is 59.1 Å². The number of carbonyl (C=O) groups is 1. The smallest absolute Gasteiger partial charge is 0.225 e. The van der Waals surface area contributed by atoms with Crippen LogP contribution in [0, 0.1) is 12.8 Å². The third-order valence-electron chi connectivity index (χ3n) is 7.29. The second kappa shape index (κ2) is 9.72. The second-order valence-electron chi connectivity index (χ2n) is 9.86. The number of aryl methyl sites for hydroxylation is 1. The number of H-pyrrole nitrogens is 1. The first-order chi connectivity index (χ1) is 18.0. The molecule has 9 nitrogen and oxygen atoms in total. The predicted molar refractivity (Wildman–Crippen MR) is 144 cm³/mol. The van der Waals surface area contributed by atoms with E-state index in [4.69, 9.17) is 11.6 Å². The molecule has 10 heteroatoms. The van der Waals surface area contributed by atoms with E-state index in [0.717, 1.165) is 72.6 Å². The van der Waals surface area contributed by atoms with Gasteiger partial charge in [-0.3, -0.25) is 9.69 Å². The first-order valence-electron chi connectivity index (χ1n) is 12.7. The van der Waals surface area contributed by atoms with Gasteiger partial charge in [0.2, 0.25) is 11.9 Å². The highest BCUT2D eigenvalue weighted by molar-refractivity contribution is 6.37. The maximum atomic E-state index is 12.4.